The van der Waals surface area contributed by atoms with Crippen LogP contribution in [0.2, 0.25) is 0 Å². The second kappa shape index (κ2) is 10.1. The molecule has 3 nitrogen and oxygen atoms in total. The fourth-order valence-corrected chi connectivity index (χ4v) is 1.75. The van der Waals surface area contributed by atoms with Crippen molar-refractivity contribution < 1.29 is 9.47 Å². The van der Waals surface area contributed by atoms with E-state index in [0.717, 1.165) is 26.0 Å². The summed E-state index contributed by atoms with van der Waals surface area (Å²) in [5.74, 6) is 0. The van der Waals surface area contributed by atoms with Crippen LogP contribution < -0.4 is 5.32 Å². The highest BCUT2D eigenvalue weighted by molar-refractivity contribution is 5.26. The summed E-state index contributed by atoms with van der Waals surface area (Å²) in [6, 6.07) is 8.45. The number of benzene rings is 1. The molecule has 18 heavy (non-hydrogen) atoms. The monoisotopic (exact) mass is 251 g/mol. The van der Waals surface area contributed by atoms with Gasteiger partial charge in [0.15, 0.2) is 0 Å². The first-order valence-electron chi connectivity index (χ1n) is 6.75. The minimum absolute atomic E-state index is 0.667. The van der Waals surface area contributed by atoms with E-state index in [2.05, 4.69) is 36.5 Å². The zero-order valence-electron chi connectivity index (χ0n) is 11.6. The Balaban J connectivity index is 2.27. The number of hydrogen-bond donors (Lipinski definition) is 1. The number of likely N-dealkylation sites (N-methyl/N-ethyl adjacent to an activating group) is 1. The van der Waals surface area contributed by atoms with E-state index in [-0.39, 0.29) is 0 Å². The van der Waals surface area contributed by atoms with Gasteiger partial charge in [-0.25, -0.2) is 0 Å². The molecule has 0 atom stereocenters. The van der Waals surface area contributed by atoms with Crippen LogP contribution in [0.15, 0.2) is 24.3 Å². The molecule has 0 saturated heterocycles. The first kappa shape index (κ1) is 15.2. The van der Waals surface area contributed by atoms with Gasteiger partial charge in [-0.15, -0.1) is 0 Å². The van der Waals surface area contributed by atoms with Crippen molar-refractivity contribution in [2.24, 2.45) is 0 Å². The lowest BCUT2D eigenvalue weighted by atomic mass is 10.1. The molecule has 3 heteroatoms. The summed E-state index contributed by atoms with van der Waals surface area (Å²) < 4.78 is 11.0. The lowest BCUT2D eigenvalue weighted by Gasteiger charge is -2.10. The Hall–Kier alpha value is -0.900. The van der Waals surface area contributed by atoms with Gasteiger partial charge in [0, 0.05) is 6.61 Å². The van der Waals surface area contributed by atoms with Crippen LogP contribution >= 0.6 is 0 Å². The van der Waals surface area contributed by atoms with Crippen LogP contribution in [0.1, 0.15) is 24.5 Å². The maximum Gasteiger partial charge on any atom is 0.0720 e. The number of nitrogens with one attached hydrogen (secondary N) is 1. The quantitative estimate of drug-likeness (QED) is 0.648. The first-order valence-corrected chi connectivity index (χ1v) is 6.75. The molecule has 1 aromatic carbocycles. The number of rotatable bonds is 10. The summed E-state index contributed by atoms with van der Waals surface area (Å²) in [5, 5.41) is 3.17. The molecule has 1 rings (SSSR count). The topological polar surface area (TPSA) is 30.5 Å². The molecule has 0 saturated carbocycles. The van der Waals surface area contributed by atoms with Gasteiger partial charge >= 0.3 is 0 Å². The second-order valence-corrected chi connectivity index (χ2v) is 4.29. The fourth-order valence-electron chi connectivity index (χ4n) is 1.75. The highest BCUT2D eigenvalue weighted by Crippen LogP contribution is 2.10. The van der Waals surface area contributed by atoms with Crippen LogP contribution in [0.25, 0.3) is 0 Å². The Morgan fingerprint density at radius 3 is 2.44 bits per heavy atom. The summed E-state index contributed by atoms with van der Waals surface area (Å²) in [6.07, 6.45) is 2.11. The molecule has 0 spiro atoms. The molecule has 0 unspecified atom stereocenters. The van der Waals surface area contributed by atoms with E-state index in [9.17, 15) is 0 Å². The molecule has 102 valence electrons. The van der Waals surface area contributed by atoms with Gasteiger partial charge in [-0.2, -0.15) is 0 Å². The Kier molecular flexibility index (Phi) is 8.47. The molecule has 0 radical (unpaired) electrons. The highest BCUT2D eigenvalue weighted by Gasteiger charge is 2.01. The van der Waals surface area contributed by atoms with E-state index in [1.54, 1.807) is 0 Å². The van der Waals surface area contributed by atoms with Crippen molar-refractivity contribution >= 4 is 0 Å². The van der Waals surface area contributed by atoms with E-state index >= 15 is 0 Å². The molecule has 0 aromatic heterocycles. The SMILES string of the molecule is CCCOCCOCc1ccccc1CCNC. The van der Waals surface area contributed by atoms with Crippen LogP contribution in [0, 0.1) is 0 Å². The molecular formula is C15H25NO2. The van der Waals surface area contributed by atoms with Crippen molar-refractivity contribution in [3.63, 3.8) is 0 Å². The molecule has 0 aliphatic carbocycles. The molecule has 0 amide bonds. The minimum Gasteiger partial charge on any atom is -0.379 e. The van der Waals surface area contributed by atoms with Gasteiger partial charge in [-0.05, 0) is 37.6 Å². The molecule has 1 aromatic rings. The predicted molar refractivity (Wildman–Crippen MR) is 74.8 cm³/mol. The fraction of sp³-hybridized carbons (Fsp3) is 0.600. The van der Waals surface area contributed by atoms with Gasteiger partial charge in [-0.3, -0.25) is 0 Å². The maximum atomic E-state index is 5.64. The normalized spacial score (nSPS) is 10.8. The van der Waals surface area contributed by atoms with Gasteiger partial charge < -0.3 is 14.8 Å². The van der Waals surface area contributed by atoms with Crippen molar-refractivity contribution in [1.82, 2.24) is 5.32 Å². The molecule has 0 bridgehead atoms. The van der Waals surface area contributed by atoms with Gasteiger partial charge in [-0.1, -0.05) is 31.2 Å². The molecule has 1 N–H and O–H groups in total. The predicted octanol–water partition coefficient (Wildman–Crippen LogP) is 2.39. The van der Waals surface area contributed by atoms with Crippen molar-refractivity contribution in [2.75, 3.05) is 33.4 Å². The molecule has 0 aliphatic heterocycles. The minimum atomic E-state index is 0.667. The standard InChI is InChI=1S/C15H25NO2/c1-3-10-17-11-12-18-13-15-7-5-4-6-14(15)8-9-16-2/h4-7,16H,3,8-13H2,1-2H3. The summed E-state index contributed by atoms with van der Waals surface area (Å²) >= 11 is 0. The second-order valence-electron chi connectivity index (χ2n) is 4.29. The third-order valence-electron chi connectivity index (χ3n) is 2.74. The van der Waals surface area contributed by atoms with Crippen LogP contribution in [-0.2, 0) is 22.5 Å². The summed E-state index contributed by atoms with van der Waals surface area (Å²) in [4.78, 5) is 0. The van der Waals surface area contributed by atoms with Crippen LogP contribution in [0.3, 0.4) is 0 Å². The maximum absolute atomic E-state index is 5.64. The number of ether oxygens (including phenoxy) is 2. The van der Waals surface area contributed by atoms with Gasteiger partial charge in [0.1, 0.15) is 0 Å². The van der Waals surface area contributed by atoms with Crippen molar-refractivity contribution in [3.8, 4) is 0 Å². The van der Waals surface area contributed by atoms with Crippen molar-refractivity contribution in [1.29, 1.82) is 0 Å². The molecule has 0 aliphatic rings. The largest absolute Gasteiger partial charge is 0.379 e. The van der Waals surface area contributed by atoms with E-state index in [1.165, 1.54) is 11.1 Å². The van der Waals surface area contributed by atoms with E-state index in [0.29, 0.717) is 19.8 Å². The van der Waals surface area contributed by atoms with Gasteiger partial charge in [0.2, 0.25) is 0 Å². The van der Waals surface area contributed by atoms with E-state index < -0.39 is 0 Å². The van der Waals surface area contributed by atoms with Crippen LogP contribution in [0.4, 0.5) is 0 Å². The summed E-state index contributed by atoms with van der Waals surface area (Å²) in [7, 11) is 1.98. The molecular weight excluding hydrogens is 226 g/mol. The third-order valence-corrected chi connectivity index (χ3v) is 2.74. The lowest BCUT2D eigenvalue weighted by molar-refractivity contribution is 0.0406. The summed E-state index contributed by atoms with van der Waals surface area (Å²) in [5.41, 5.74) is 2.64. The molecule has 0 fully saturated rings. The van der Waals surface area contributed by atoms with Crippen molar-refractivity contribution in [2.45, 2.75) is 26.4 Å². The first-order chi connectivity index (χ1) is 8.88. The zero-order valence-corrected chi connectivity index (χ0v) is 11.6. The third kappa shape index (κ3) is 6.15. The number of hydrogen-bond acceptors (Lipinski definition) is 3. The van der Waals surface area contributed by atoms with Crippen molar-refractivity contribution in [3.05, 3.63) is 35.4 Å². The average Bonchev–Trinajstić information content (AvgIpc) is 2.41. The Morgan fingerprint density at radius 1 is 1.00 bits per heavy atom. The Bertz CT molecular complexity index is 315. The highest BCUT2D eigenvalue weighted by atomic mass is 16.5. The van der Waals surface area contributed by atoms with E-state index in [1.807, 2.05) is 7.05 Å². The Morgan fingerprint density at radius 2 is 1.72 bits per heavy atom. The zero-order chi connectivity index (χ0) is 13.1. The van der Waals surface area contributed by atoms with E-state index in [4.69, 9.17) is 9.47 Å². The van der Waals surface area contributed by atoms with Crippen LogP contribution in [0.5, 0.6) is 0 Å². The smallest absolute Gasteiger partial charge is 0.0720 e. The lowest BCUT2D eigenvalue weighted by Crippen LogP contribution is -2.12. The van der Waals surface area contributed by atoms with Gasteiger partial charge in [0.05, 0.1) is 19.8 Å². The van der Waals surface area contributed by atoms with Crippen LogP contribution in [-0.4, -0.2) is 33.4 Å². The average molecular weight is 251 g/mol. The van der Waals surface area contributed by atoms with Gasteiger partial charge in [0.25, 0.3) is 0 Å². The Labute approximate surface area is 110 Å². The molecule has 0 heterocycles. The summed E-state index contributed by atoms with van der Waals surface area (Å²) in [6.45, 7) is 5.96.